The largest absolute Gasteiger partial charge is 0.389 e. The van der Waals surface area contributed by atoms with Crippen LogP contribution in [0.1, 0.15) is 71.6 Å². The Morgan fingerprint density at radius 1 is 1.32 bits per heavy atom. The van der Waals surface area contributed by atoms with Crippen molar-refractivity contribution in [1.82, 2.24) is 0 Å². The molecule has 2 fully saturated rings. The quantitative estimate of drug-likeness (QED) is 0.591. The normalized spacial score (nSPS) is 45.6. The Labute approximate surface area is 151 Å². The fraction of sp³-hybridized carbons (Fsp3) is 0.696. The number of hydrogen-bond donors (Lipinski definition) is 1. The van der Waals surface area contributed by atoms with Crippen molar-refractivity contribution in [3.8, 4) is 12.3 Å². The summed E-state index contributed by atoms with van der Waals surface area (Å²) in [6.07, 6.45) is 18.5. The summed E-state index contributed by atoms with van der Waals surface area (Å²) in [5.41, 5.74) is 1.71. The third-order valence-corrected chi connectivity index (χ3v) is 8.14. The highest BCUT2D eigenvalue weighted by Crippen LogP contribution is 2.66. The van der Waals surface area contributed by atoms with E-state index in [2.05, 4.69) is 25.8 Å². The van der Waals surface area contributed by atoms with Gasteiger partial charge >= 0.3 is 0 Å². The molecule has 2 saturated carbocycles. The van der Waals surface area contributed by atoms with Crippen LogP contribution in [-0.2, 0) is 4.79 Å². The van der Waals surface area contributed by atoms with Gasteiger partial charge in [0.15, 0.2) is 5.78 Å². The second-order valence-electron chi connectivity index (χ2n) is 9.04. The van der Waals surface area contributed by atoms with Gasteiger partial charge in [-0.15, -0.1) is 6.42 Å². The van der Waals surface area contributed by atoms with E-state index in [1.165, 1.54) is 11.1 Å². The summed E-state index contributed by atoms with van der Waals surface area (Å²) in [7, 11) is 0. The molecule has 5 atom stereocenters. The first-order valence-corrected chi connectivity index (χ1v) is 10.0. The van der Waals surface area contributed by atoms with Crippen LogP contribution in [0.4, 0.5) is 0 Å². The van der Waals surface area contributed by atoms with Gasteiger partial charge in [-0.3, -0.25) is 4.79 Å². The number of hydrogen-bond acceptors (Lipinski definition) is 2. The lowest BCUT2D eigenvalue weighted by Crippen LogP contribution is -2.51. The Morgan fingerprint density at radius 2 is 2.12 bits per heavy atom. The second-order valence-corrected chi connectivity index (χ2v) is 9.04. The number of carbonyl (C=O) groups is 1. The van der Waals surface area contributed by atoms with Crippen LogP contribution in [0.2, 0.25) is 0 Å². The van der Waals surface area contributed by atoms with Crippen LogP contribution in [0.25, 0.3) is 0 Å². The zero-order chi connectivity index (χ0) is 17.9. The third-order valence-electron chi connectivity index (χ3n) is 8.14. The molecule has 0 bridgehead atoms. The van der Waals surface area contributed by atoms with Gasteiger partial charge in [-0.25, -0.2) is 0 Å². The molecule has 0 aromatic rings. The summed E-state index contributed by atoms with van der Waals surface area (Å²) < 4.78 is 0. The van der Waals surface area contributed by atoms with Crippen LogP contribution >= 0.6 is 0 Å². The number of rotatable bonds is 2. The van der Waals surface area contributed by atoms with Crippen LogP contribution in [0.5, 0.6) is 0 Å². The van der Waals surface area contributed by atoms with Crippen molar-refractivity contribution < 1.29 is 9.90 Å². The van der Waals surface area contributed by atoms with Gasteiger partial charge in [0.25, 0.3) is 0 Å². The Kier molecular flexibility index (Phi) is 3.82. The molecule has 0 unspecified atom stereocenters. The van der Waals surface area contributed by atoms with Crippen molar-refractivity contribution in [3.63, 3.8) is 0 Å². The molecule has 0 saturated heterocycles. The summed E-state index contributed by atoms with van der Waals surface area (Å²) in [6.45, 7) is 4.48. The Balaban J connectivity index is 1.77. The van der Waals surface area contributed by atoms with Crippen LogP contribution < -0.4 is 0 Å². The van der Waals surface area contributed by atoms with Gasteiger partial charge in [-0.05, 0) is 74.0 Å². The molecular formula is C23H30O2. The Hall–Kier alpha value is -1.33. The van der Waals surface area contributed by atoms with Gasteiger partial charge in [-0.1, -0.05) is 32.3 Å². The molecule has 0 heterocycles. The number of terminal acetylenes is 1. The van der Waals surface area contributed by atoms with E-state index in [0.717, 1.165) is 51.4 Å². The zero-order valence-corrected chi connectivity index (χ0v) is 15.6. The summed E-state index contributed by atoms with van der Waals surface area (Å²) in [6, 6.07) is 0. The van der Waals surface area contributed by atoms with E-state index >= 15 is 0 Å². The average Bonchev–Trinajstić information content (AvgIpc) is 2.86. The number of aliphatic hydroxyl groups is 1. The highest BCUT2D eigenvalue weighted by atomic mass is 16.3. The minimum Gasteiger partial charge on any atom is -0.389 e. The SMILES string of the molecule is C#C[C@]12CCC(=O)C=C1CC[C@@H]1C2=CC[C@@]2(C)[C@H]1CC[C@@]2(O)CCC. The predicted octanol–water partition coefficient (Wildman–Crippen LogP) is 4.58. The molecule has 0 spiro atoms. The van der Waals surface area contributed by atoms with Gasteiger partial charge in [0.1, 0.15) is 0 Å². The van der Waals surface area contributed by atoms with Gasteiger partial charge in [-0.2, -0.15) is 0 Å². The molecule has 1 N–H and O–H groups in total. The zero-order valence-electron chi connectivity index (χ0n) is 15.6. The maximum absolute atomic E-state index is 11.9. The molecule has 25 heavy (non-hydrogen) atoms. The summed E-state index contributed by atoms with van der Waals surface area (Å²) in [5.74, 6) is 4.36. The Morgan fingerprint density at radius 3 is 2.84 bits per heavy atom. The van der Waals surface area contributed by atoms with Crippen LogP contribution in [0.15, 0.2) is 23.3 Å². The van der Waals surface area contributed by atoms with Crippen LogP contribution in [-0.4, -0.2) is 16.5 Å². The van der Waals surface area contributed by atoms with Gasteiger partial charge in [0.05, 0.1) is 11.0 Å². The topological polar surface area (TPSA) is 37.3 Å². The fourth-order valence-corrected chi connectivity index (χ4v) is 6.73. The molecule has 4 aliphatic rings. The maximum atomic E-state index is 11.9. The number of ketones is 1. The summed E-state index contributed by atoms with van der Waals surface area (Å²) >= 11 is 0. The minimum absolute atomic E-state index is 0.0291. The molecular weight excluding hydrogens is 308 g/mol. The van der Waals surface area contributed by atoms with E-state index in [1.54, 1.807) is 0 Å². The van der Waals surface area contributed by atoms with Crippen molar-refractivity contribution in [2.24, 2.45) is 22.7 Å². The molecule has 4 rings (SSSR count). The first-order chi connectivity index (χ1) is 11.9. The van der Waals surface area contributed by atoms with Gasteiger partial charge in [0, 0.05) is 11.8 Å². The highest BCUT2D eigenvalue weighted by Gasteiger charge is 2.61. The van der Waals surface area contributed by atoms with Crippen molar-refractivity contribution in [1.29, 1.82) is 0 Å². The number of fused-ring (bicyclic) bond motifs is 5. The first-order valence-electron chi connectivity index (χ1n) is 10.0. The number of carbonyl (C=O) groups excluding carboxylic acids is 1. The van der Waals surface area contributed by atoms with E-state index < -0.39 is 5.60 Å². The lowest BCUT2D eigenvalue weighted by Gasteiger charge is -2.54. The summed E-state index contributed by atoms with van der Waals surface area (Å²) in [5, 5.41) is 11.4. The van der Waals surface area contributed by atoms with Crippen molar-refractivity contribution in [2.45, 2.75) is 77.2 Å². The van der Waals surface area contributed by atoms with E-state index in [-0.39, 0.29) is 16.6 Å². The molecule has 4 aliphatic carbocycles. The smallest absolute Gasteiger partial charge is 0.155 e. The first kappa shape index (κ1) is 17.1. The lowest BCUT2D eigenvalue weighted by molar-refractivity contribution is -0.115. The van der Waals surface area contributed by atoms with Crippen molar-refractivity contribution >= 4 is 5.78 Å². The van der Waals surface area contributed by atoms with Crippen LogP contribution in [0, 0.1) is 35.0 Å². The van der Waals surface area contributed by atoms with E-state index in [0.29, 0.717) is 18.3 Å². The summed E-state index contributed by atoms with van der Waals surface area (Å²) in [4.78, 5) is 11.9. The monoisotopic (exact) mass is 338 g/mol. The molecule has 0 aromatic carbocycles. The lowest BCUT2D eigenvalue weighted by atomic mass is 9.50. The molecule has 2 nitrogen and oxygen atoms in total. The molecule has 0 aromatic heterocycles. The van der Waals surface area contributed by atoms with Gasteiger partial charge in [0.2, 0.25) is 0 Å². The predicted molar refractivity (Wildman–Crippen MR) is 99.7 cm³/mol. The average molecular weight is 338 g/mol. The van der Waals surface area contributed by atoms with E-state index in [1.807, 2.05) is 6.08 Å². The Bertz CT molecular complexity index is 708. The molecule has 134 valence electrons. The molecule has 0 radical (unpaired) electrons. The molecule has 0 amide bonds. The highest BCUT2D eigenvalue weighted by molar-refractivity contribution is 5.92. The second kappa shape index (κ2) is 5.58. The van der Waals surface area contributed by atoms with Crippen LogP contribution in [0.3, 0.4) is 0 Å². The van der Waals surface area contributed by atoms with Crippen molar-refractivity contribution in [3.05, 3.63) is 23.3 Å². The maximum Gasteiger partial charge on any atom is 0.155 e. The third kappa shape index (κ3) is 2.12. The fourth-order valence-electron chi connectivity index (χ4n) is 6.73. The molecule has 2 heteroatoms. The van der Waals surface area contributed by atoms with E-state index in [9.17, 15) is 9.90 Å². The molecule has 0 aliphatic heterocycles. The number of allylic oxidation sites excluding steroid dienone is 4. The minimum atomic E-state index is -0.531. The van der Waals surface area contributed by atoms with Crippen molar-refractivity contribution in [2.75, 3.05) is 0 Å². The standard InChI is InChI=1S/C23H30O2/c1-4-11-23(25)14-10-19-18-7-6-16-15-17(24)8-13-22(16,5-2)20(18)9-12-21(19,23)3/h2,9,15,18-19,25H,4,6-8,10-14H2,1,3H3/t18-,19-,21-,22-,23-/m0/s1. The van der Waals surface area contributed by atoms with E-state index in [4.69, 9.17) is 6.42 Å². The van der Waals surface area contributed by atoms with Gasteiger partial charge < -0.3 is 5.11 Å².